The van der Waals surface area contributed by atoms with Gasteiger partial charge in [0.2, 0.25) is 5.91 Å². The highest BCUT2D eigenvalue weighted by Crippen LogP contribution is 2.08. The van der Waals surface area contributed by atoms with Gasteiger partial charge in [-0.1, -0.05) is 41.8 Å². The Hall–Kier alpha value is -2.01. The van der Waals surface area contributed by atoms with Crippen LogP contribution in [0.1, 0.15) is 18.9 Å². The summed E-state index contributed by atoms with van der Waals surface area (Å²) >= 11 is 0. The van der Waals surface area contributed by atoms with Gasteiger partial charge >= 0.3 is 0 Å². The van der Waals surface area contributed by atoms with Gasteiger partial charge in [0.05, 0.1) is 6.54 Å². The molecule has 0 aromatic heterocycles. The molecule has 1 amide bonds. The number of terminal acetylenes is 1. The van der Waals surface area contributed by atoms with Crippen LogP contribution in [0.2, 0.25) is 0 Å². The van der Waals surface area contributed by atoms with Gasteiger partial charge in [-0.3, -0.25) is 4.79 Å². The zero-order valence-electron chi connectivity index (χ0n) is 10.1. The summed E-state index contributed by atoms with van der Waals surface area (Å²) in [4.78, 5) is 11.3. The lowest BCUT2D eigenvalue weighted by Gasteiger charge is -2.02. The second-order valence-corrected chi connectivity index (χ2v) is 3.90. The minimum absolute atomic E-state index is 0.117. The van der Waals surface area contributed by atoms with E-state index in [9.17, 15) is 4.79 Å². The summed E-state index contributed by atoms with van der Waals surface area (Å²) in [6, 6.07) is 10.2. The summed E-state index contributed by atoms with van der Waals surface area (Å²) in [5.74, 6) is 2.25. The fourth-order valence-electron chi connectivity index (χ4n) is 1.47. The van der Waals surface area contributed by atoms with Gasteiger partial charge in [-0.15, -0.1) is 6.42 Å². The molecule has 0 heterocycles. The van der Waals surface area contributed by atoms with Crippen LogP contribution in [0.3, 0.4) is 0 Å². The number of nitrogens with one attached hydrogen (secondary N) is 1. The van der Waals surface area contributed by atoms with Crippen LogP contribution in [0.25, 0.3) is 0 Å². The fraction of sp³-hybridized carbons (Fsp3) is 0.267. The van der Waals surface area contributed by atoms with E-state index in [0.29, 0.717) is 0 Å². The Morgan fingerprint density at radius 3 is 2.76 bits per heavy atom. The van der Waals surface area contributed by atoms with Crippen molar-refractivity contribution in [2.75, 3.05) is 6.54 Å². The maximum atomic E-state index is 11.3. The fourth-order valence-corrected chi connectivity index (χ4v) is 1.47. The highest BCUT2D eigenvalue weighted by Gasteiger charge is 1.98. The summed E-state index contributed by atoms with van der Waals surface area (Å²) < 4.78 is 0. The Morgan fingerprint density at radius 1 is 1.41 bits per heavy atom. The van der Waals surface area contributed by atoms with Crippen molar-refractivity contribution in [2.45, 2.75) is 19.8 Å². The first-order chi connectivity index (χ1) is 8.22. The van der Waals surface area contributed by atoms with Gasteiger partial charge in [0.25, 0.3) is 0 Å². The molecule has 17 heavy (non-hydrogen) atoms. The van der Waals surface area contributed by atoms with Crippen LogP contribution in [0.5, 0.6) is 0 Å². The van der Waals surface area contributed by atoms with E-state index in [0.717, 1.165) is 18.4 Å². The van der Waals surface area contributed by atoms with E-state index in [-0.39, 0.29) is 12.5 Å². The molecule has 0 aliphatic rings. The van der Waals surface area contributed by atoms with E-state index in [1.807, 2.05) is 25.1 Å². The van der Waals surface area contributed by atoms with Crippen LogP contribution in [0, 0.1) is 12.3 Å². The number of amides is 1. The number of carbonyl (C=O) groups excluding carboxylic acids is 1. The first-order valence-electron chi connectivity index (χ1n) is 5.65. The predicted molar refractivity (Wildman–Crippen MR) is 70.4 cm³/mol. The molecule has 2 nitrogen and oxygen atoms in total. The molecule has 1 rings (SSSR count). The van der Waals surface area contributed by atoms with Crippen LogP contribution in [0.15, 0.2) is 42.0 Å². The average Bonchev–Trinajstić information content (AvgIpc) is 2.35. The molecule has 2 heteroatoms. The van der Waals surface area contributed by atoms with E-state index >= 15 is 0 Å². The molecule has 1 aromatic carbocycles. The largest absolute Gasteiger partial charge is 0.342 e. The number of hydrogen-bond donors (Lipinski definition) is 1. The average molecular weight is 227 g/mol. The van der Waals surface area contributed by atoms with Crippen LogP contribution in [0.4, 0.5) is 0 Å². The number of allylic oxidation sites excluding steroid dienone is 1. The van der Waals surface area contributed by atoms with E-state index in [1.54, 1.807) is 6.08 Å². The van der Waals surface area contributed by atoms with Gasteiger partial charge in [0.1, 0.15) is 0 Å². The molecule has 1 aromatic rings. The van der Waals surface area contributed by atoms with Crippen molar-refractivity contribution in [1.29, 1.82) is 0 Å². The molecule has 0 bridgehead atoms. The minimum atomic E-state index is -0.117. The van der Waals surface area contributed by atoms with Gasteiger partial charge in [-0.2, -0.15) is 0 Å². The van der Waals surface area contributed by atoms with Crippen molar-refractivity contribution in [3.05, 3.63) is 47.5 Å². The van der Waals surface area contributed by atoms with Gasteiger partial charge in [-0.05, 0) is 25.3 Å². The third kappa shape index (κ3) is 5.58. The van der Waals surface area contributed by atoms with E-state index < -0.39 is 0 Å². The Kier molecular flexibility index (Phi) is 5.60. The molecule has 88 valence electrons. The van der Waals surface area contributed by atoms with Gasteiger partial charge in [0.15, 0.2) is 0 Å². The monoisotopic (exact) mass is 227 g/mol. The second kappa shape index (κ2) is 7.29. The summed E-state index contributed by atoms with van der Waals surface area (Å²) in [6.45, 7) is 2.24. The summed E-state index contributed by atoms with van der Waals surface area (Å²) in [6.07, 6.45) is 8.50. The van der Waals surface area contributed by atoms with E-state index in [2.05, 4.69) is 23.4 Å². The lowest BCUT2D eigenvalue weighted by atomic mass is 10.1. The second-order valence-electron chi connectivity index (χ2n) is 3.90. The van der Waals surface area contributed by atoms with Crippen molar-refractivity contribution >= 4 is 5.91 Å². The molecule has 1 N–H and O–H groups in total. The number of benzene rings is 1. The highest BCUT2D eigenvalue weighted by molar-refractivity contribution is 5.88. The zero-order chi connectivity index (χ0) is 12.5. The molecule has 0 atom stereocenters. The molecule has 0 radical (unpaired) electrons. The van der Waals surface area contributed by atoms with Gasteiger partial charge < -0.3 is 5.32 Å². The molecule has 0 aliphatic heterocycles. The van der Waals surface area contributed by atoms with Crippen LogP contribution >= 0.6 is 0 Å². The Morgan fingerprint density at radius 2 is 2.12 bits per heavy atom. The number of carbonyl (C=O) groups is 1. The third-order valence-corrected chi connectivity index (χ3v) is 2.39. The quantitative estimate of drug-likeness (QED) is 0.607. The summed E-state index contributed by atoms with van der Waals surface area (Å²) in [7, 11) is 0. The number of aryl methyl sites for hydroxylation is 1. The molecule has 0 saturated heterocycles. The zero-order valence-corrected chi connectivity index (χ0v) is 10.1. The summed E-state index contributed by atoms with van der Waals surface area (Å²) in [5, 5.41) is 2.61. The normalized spacial score (nSPS) is 10.7. The van der Waals surface area contributed by atoms with Crippen LogP contribution in [-0.4, -0.2) is 12.5 Å². The third-order valence-electron chi connectivity index (χ3n) is 2.39. The van der Waals surface area contributed by atoms with Gasteiger partial charge in [-0.25, -0.2) is 0 Å². The van der Waals surface area contributed by atoms with E-state index in [4.69, 9.17) is 6.42 Å². The van der Waals surface area contributed by atoms with Crippen molar-refractivity contribution in [3.63, 3.8) is 0 Å². The molecular formula is C15H17NO. The van der Waals surface area contributed by atoms with Crippen molar-refractivity contribution in [1.82, 2.24) is 5.32 Å². The van der Waals surface area contributed by atoms with E-state index in [1.165, 1.54) is 5.56 Å². The topological polar surface area (TPSA) is 29.1 Å². The highest BCUT2D eigenvalue weighted by atomic mass is 16.1. The van der Waals surface area contributed by atoms with Crippen LogP contribution < -0.4 is 5.32 Å². The summed E-state index contributed by atoms with van der Waals surface area (Å²) in [5.41, 5.74) is 2.34. The molecule has 0 aliphatic carbocycles. The molecule has 0 fully saturated rings. The number of hydrogen-bond acceptors (Lipinski definition) is 1. The lowest BCUT2D eigenvalue weighted by molar-refractivity contribution is -0.116. The SMILES string of the molecule is C#CCNC(=O)C=C(C)CCc1ccccc1. The van der Waals surface area contributed by atoms with Crippen molar-refractivity contribution < 1.29 is 4.79 Å². The first kappa shape index (κ1) is 13.1. The van der Waals surface area contributed by atoms with Crippen molar-refractivity contribution in [3.8, 4) is 12.3 Å². The first-order valence-corrected chi connectivity index (χ1v) is 5.65. The Balaban J connectivity index is 2.39. The standard InChI is InChI=1S/C15H17NO/c1-3-11-16-15(17)12-13(2)9-10-14-7-5-4-6-8-14/h1,4-8,12H,9-11H2,2H3,(H,16,17). The van der Waals surface area contributed by atoms with Crippen molar-refractivity contribution in [2.24, 2.45) is 0 Å². The smallest absolute Gasteiger partial charge is 0.244 e. The predicted octanol–water partition coefficient (Wildman–Crippen LogP) is 2.31. The maximum absolute atomic E-state index is 11.3. The molecule has 0 saturated carbocycles. The number of rotatable bonds is 5. The maximum Gasteiger partial charge on any atom is 0.244 e. The van der Waals surface area contributed by atoms with Crippen LogP contribution in [-0.2, 0) is 11.2 Å². The molecule has 0 unspecified atom stereocenters. The molecular weight excluding hydrogens is 210 g/mol. The Bertz CT molecular complexity index is 426. The minimum Gasteiger partial charge on any atom is -0.342 e. The Labute approximate surface area is 103 Å². The molecule has 0 spiro atoms. The van der Waals surface area contributed by atoms with Gasteiger partial charge in [0, 0.05) is 6.08 Å². The lowest BCUT2D eigenvalue weighted by Crippen LogP contribution is -2.21.